The van der Waals surface area contributed by atoms with Gasteiger partial charge in [-0.2, -0.15) is 0 Å². The molecule has 2 aromatic rings. The molecule has 29 heavy (non-hydrogen) atoms. The highest BCUT2D eigenvalue weighted by molar-refractivity contribution is 6.33. The summed E-state index contributed by atoms with van der Waals surface area (Å²) in [6.45, 7) is 5.01. The standard InChI is InChI=1S/C23H26ClN3O2/c1-16(26-11-10-17-6-2-3-7-18(17)14-26)13-25-23(29)19-12-22(28)27(15-19)21-9-5-4-8-20(21)24/h2-9,16,19H,10-15H2,1H3,(H,25,29). The van der Waals surface area contributed by atoms with Crippen LogP contribution in [-0.4, -0.2) is 42.4 Å². The highest BCUT2D eigenvalue weighted by Crippen LogP contribution is 2.31. The topological polar surface area (TPSA) is 52.7 Å². The number of para-hydroxylation sites is 1. The first kappa shape index (κ1) is 19.9. The second-order valence-electron chi connectivity index (χ2n) is 7.94. The fourth-order valence-corrected chi connectivity index (χ4v) is 4.44. The Balaban J connectivity index is 1.31. The van der Waals surface area contributed by atoms with Gasteiger partial charge in [0.15, 0.2) is 0 Å². The monoisotopic (exact) mass is 411 g/mol. The maximum absolute atomic E-state index is 12.7. The number of hydrogen-bond donors (Lipinski definition) is 1. The van der Waals surface area contributed by atoms with Gasteiger partial charge in [-0.15, -0.1) is 0 Å². The minimum absolute atomic E-state index is 0.0565. The van der Waals surface area contributed by atoms with Crippen molar-refractivity contribution in [2.24, 2.45) is 5.92 Å². The van der Waals surface area contributed by atoms with Gasteiger partial charge in [-0.3, -0.25) is 14.5 Å². The van der Waals surface area contributed by atoms with E-state index in [2.05, 4.69) is 41.4 Å². The van der Waals surface area contributed by atoms with Crippen LogP contribution in [0.15, 0.2) is 48.5 Å². The quantitative estimate of drug-likeness (QED) is 0.821. The van der Waals surface area contributed by atoms with Crippen molar-refractivity contribution in [1.29, 1.82) is 0 Å². The van der Waals surface area contributed by atoms with Crippen molar-refractivity contribution >= 4 is 29.1 Å². The molecule has 1 saturated heterocycles. The summed E-state index contributed by atoms with van der Waals surface area (Å²) in [5.74, 6) is -0.454. The van der Waals surface area contributed by atoms with E-state index in [0.717, 1.165) is 19.5 Å². The van der Waals surface area contributed by atoms with E-state index in [0.29, 0.717) is 23.8 Å². The van der Waals surface area contributed by atoms with E-state index < -0.39 is 0 Å². The molecular weight excluding hydrogens is 386 g/mol. The summed E-state index contributed by atoms with van der Waals surface area (Å²) >= 11 is 6.22. The Labute approximate surface area is 176 Å². The average Bonchev–Trinajstić information content (AvgIpc) is 3.13. The first-order valence-electron chi connectivity index (χ1n) is 10.2. The Bertz CT molecular complexity index is 917. The van der Waals surface area contributed by atoms with Crippen LogP contribution in [0.5, 0.6) is 0 Å². The maximum Gasteiger partial charge on any atom is 0.227 e. The van der Waals surface area contributed by atoms with Crippen LogP contribution >= 0.6 is 11.6 Å². The van der Waals surface area contributed by atoms with Gasteiger partial charge in [0.05, 0.1) is 16.6 Å². The van der Waals surface area contributed by atoms with Crippen LogP contribution < -0.4 is 10.2 Å². The summed E-state index contributed by atoms with van der Waals surface area (Å²) < 4.78 is 0. The van der Waals surface area contributed by atoms with Crippen LogP contribution in [-0.2, 0) is 22.6 Å². The van der Waals surface area contributed by atoms with E-state index in [1.54, 1.807) is 11.0 Å². The Morgan fingerprint density at radius 2 is 1.90 bits per heavy atom. The predicted octanol–water partition coefficient (Wildman–Crippen LogP) is 3.26. The molecule has 4 rings (SSSR count). The molecule has 0 spiro atoms. The Morgan fingerprint density at radius 3 is 2.69 bits per heavy atom. The molecule has 2 aliphatic heterocycles. The Kier molecular flexibility index (Phi) is 5.88. The Morgan fingerprint density at radius 1 is 1.17 bits per heavy atom. The molecule has 2 atom stereocenters. The van der Waals surface area contributed by atoms with Crippen molar-refractivity contribution in [3.05, 3.63) is 64.7 Å². The average molecular weight is 412 g/mol. The van der Waals surface area contributed by atoms with Crippen molar-refractivity contribution in [2.75, 3.05) is 24.5 Å². The molecule has 1 N–H and O–H groups in total. The van der Waals surface area contributed by atoms with E-state index in [1.165, 1.54) is 11.1 Å². The number of nitrogens with zero attached hydrogens (tertiary/aromatic N) is 2. The highest BCUT2D eigenvalue weighted by atomic mass is 35.5. The first-order chi connectivity index (χ1) is 14.0. The van der Waals surface area contributed by atoms with Gasteiger partial charge in [-0.25, -0.2) is 0 Å². The Hall–Kier alpha value is -2.37. The van der Waals surface area contributed by atoms with Gasteiger partial charge in [0, 0.05) is 38.6 Å². The van der Waals surface area contributed by atoms with E-state index in [-0.39, 0.29) is 30.2 Å². The summed E-state index contributed by atoms with van der Waals surface area (Å²) in [6.07, 6.45) is 1.26. The van der Waals surface area contributed by atoms with Crippen molar-refractivity contribution in [1.82, 2.24) is 10.2 Å². The zero-order chi connectivity index (χ0) is 20.4. The normalized spacial score (nSPS) is 20.4. The van der Waals surface area contributed by atoms with E-state index in [4.69, 9.17) is 11.6 Å². The summed E-state index contributed by atoms with van der Waals surface area (Å²) in [7, 11) is 0. The molecule has 0 aliphatic carbocycles. The SMILES string of the molecule is CC(CNC(=O)C1CC(=O)N(c2ccccc2Cl)C1)N1CCc2ccccc2C1. The lowest BCUT2D eigenvalue weighted by atomic mass is 9.99. The molecule has 0 saturated carbocycles. The molecule has 152 valence electrons. The molecular formula is C23H26ClN3O2. The minimum Gasteiger partial charge on any atom is -0.354 e. The van der Waals surface area contributed by atoms with Crippen LogP contribution in [0.3, 0.4) is 0 Å². The molecule has 0 bridgehead atoms. The minimum atomic E-state index is -0.340. The number of carbonyl (C=O) groups excluding carboxylic acids is 2. The number of benzene rings is 2. The van der Waals surface area contributed by atoms with Crippen molar-refractivity contribution < 1.29 is 9.59 Å². The number of amides is 2. The summed E-state index contributed by atoms with van der Waals surface area (Å²) in [4.78, 5) is 29.1. The van der Waals surface area contributed by atoms with Crippen LogP contribution in [0.1, 0.15) is 24.5 Å². The maximum atomic E-state index is 12.7. The molecule has 5 nitrogen and oxygen atoms in total. The van der Waals surface area contributed by atoms with Crippen LogP contribution in [0, 0.1) is 5.92 Å². The molecule has 0 aromatic heterocycles. The van der Waals surface area contributed by atoms with Crippen LogP contribution in [0.25, 0.3) is 0 Å². The van der Waals surface area contributed by atoms with E-state index in [9.17, 15) is 9.59 Å². The van der Waals surface area contributed by atoms with E-state index >= 15 is 0 Å². The lowest BCUT2D eigenvalue weighted by molar-refractivity contribution is -0.126. The molecule has 2 heterocycles. The molecule has 1 fully saturated rings. The van der Waals surface area contributed by atoms with Crippen molar-refractivity contribution in [3.8, 4) is 0 Å². The molecule has 2 aromatic carbocycles. The third kappa shape index (κ3) is 4.31. The zero-order valence-electron chi connectivity index (χ0n) is 16.6. The van der Waals surface area contributed by atoms with Crippen molar-refractivity contribution in [2.45, 2.75) is 32.4 Å². The number of carbonyl (C=O) groups is 2. The van der Waals surface area contributed by atoms with Crippen LogP contribution in [0.4, 0.5) is 5.69 Å². The molecule has 2 unspecified atom stereocenters. The van der Waals surface area contributed by atoms with Gasteiger partial charge >= 0.3 is 0 Å². The number of nitrogens with one attached hydrogen (secondary N) is 1. The number of hydrogen-bond acceptors (Lipinski definition) is 3. The number of rotatable bonds is 5. The second kappa shape index (κ2) is 8.56. The number of halogens is 1. The van der Waals surface area contributed by atoms with Gasteiger partial charge in [0.25, 0.3) is 0 Å². The summed E-state index contributed by atoms with van der Waals surface area (Å²) in [5.41, 5.74) is 3.47. The molecule has 6 heteroatoms. The van der Waals surface area contributed by atoms with Gasteiger partial charge in [-0.05, 0) is 36.6 Å². The van der Waals surface area contributed by atoms with E-state index in [1.807, 2.05) is 18.2 Å². The fourth-order valence-electron chi connectivity index (χ4n) is 4.20. The summed E-state index contributed by atoms with van der Waals surface area (Å²) in [5, 5.41) is 3.59. The smallest absolute Gasteiger partial charge is 0.227 e. The predicted molar refractivity (Wildman–Crippen MR) is 115 cm³/mol. The third-order valence-electron chi connectivity index (χ3n) is 5.99. The van der Waals surface area contributed by atoms with Gasteiger partial charge < -0.3 is 10.2 Å². The molecule has 2 amide bonds. The summed E-state index contributed by atoms with van der Waals surface area (Å²) in [6, 6.07) is 16.0. The zero-order valence-corrected chi connectivity index (χ0v) is 17.4. The van der Waals surface area contributed by atoms with Gasteiger partial charge in [0.2, 0.25) is 11.8 Å². The van der Waals surface area contributed by atoms with Gasteiger partial charge in [-0.1, -0.05) is 48.0 Å². The molecule has 2 aliphatic rings. The largest absolute Gasteiger partial charge is 0.354 e. The molecule has 0 radical (unpaired) electrons. The first-order valence-corrected chi connectivity index (χ1v) is 10.5. The lowest BCUT2D eigenvalue weighted by Gasteiger charge is -2.34. The number of anilines is 1. The van der Waals surface area contributed by atoms with Gasteiger partial charge in [0.1, 0.15) is 0 Å². The third-order valence-corrected chi connectivity index (χ3v) is 6.31. The fraction of sp³-hybridized carbons (Fsp3) is 0.391. The lowest BCUT2D eigenvalue weighted by Crippen LogP contribution is -2.45. The van der Waals surface area contributed by atoms with Crippen LogP contribution in [0.2, 0.25) is 5.02 Å². The second-order valence-corrected chi connectivity index (χ2v) is 8.35. The van der Waals surface area contributed by atoms with Crippen molar-refractivity contribution in [3.63, 3.8) is 0 Å². The number of fused-ring (bicyclic) bond motifs is 1. The highest BCUT2D eigenvalue weighted by Gasteiger charge is 2.36.